The van der Waals surface area contributed by atoms with Crippen LogP contribution in [-0.4, -0.2) is 203 Å². The van der Waals surface area contributed by atoms with Crippen LogP contribution in [0.1, 0.15) is 47.9 Å². The Morgan fingerprint density at radius 1 is 0.634 bits per heavy atom. The second kappa shape index (κ2) is 38.0. The Kier molecular flexibility index (Phi) is 30.5. The van der Waals surface area contributed by atoms with Crippen molar-refractivity contribution in [3.05, 3.63) is 94.9 Å². The van der Waals surface area contributed by atoms with Crippen LogP contribution < -0.4 is 41.0 Å². The van der Waals surface area contributed by atoms with Gasteiger partial charge in [0.1, 0.15) is 35.8 Å². The number of benzene rings is 3. The van der Waals surface area contributed by atoms with Crippen molar-refractivity contribution in [3.63, 3.8) is 0 Å². The predicted octanol–water partition coefficient (Wildman–Crippen LogP) is 4.11. The monoisotopic (exact) mass is 1160 g/mol. The number of hydrogen-bond donors (Lipinski definition) is 7. The second-order valence-corrected chi connectivity index (χ2v) is 18.5. The summed E-state index contributed by atoms with van der Waals surface area (Å²) >= 11 is 6.20. The Morgan fingerprint density at radius 2 is 1.17 bits per heavy atom. The third-order valence-electron chi connectivity index (χ3n) is 11.8. The van der Waals surface area contributed by atoms with Gasteiger partial charge in [0.25, 0.3) is 5.91 Å². The van der Waals surface area contributed by atoms with E-state index in [1.807, 2.05) is 18.2 Å². The van der Waals surface area contributed by atoms with Crippen molar-refractivity contribution in [2.24, 2.45) is 12.0 Å². The summed E-state index contributed by atoms with van der Waals surface area (Å²) in [6.07, 6.45) is 1.77. The first-order chi connectivity index (χ1) is 39.9. The zero-order valence-electron chi connectivity index (χ0n) is 47.2. The van der Waals surface area contributed by atoms with E-state index >= 15 is 0 Å². The van der Waals surface area contributed by atoms with Gasteiger partial charge in [-0.1, -0.05) is 23.7 Å². The van der Waals surface area contributed by atoms with Crippen LogP contribution >= 0.6 is 11.6 Å². The molecule has 7 N–H and O–H groups in total. The molecular weight excluding hydrogens is 1090 g/mol. The van der Waals surface area contributed by atoms with E-state index in [9.17, 15) is 19.2 Å². The SMILES string of the molecule is CNCCC(=O)Nc1cn(C)c(C(=O)NCCC(=O)NCCOCCOCCOCCOCCOCCOCCOCCOCCOc2ccc(NC(=O)C[C@H]3N=C(c4ccc(Cl)cc4)c4cc(OC)ccc4N(C(C)=N)C3=N)cc2)n1. The number of ether oxygens (including phenoxy) is 10. The number of benzodiazepines with no additional fused rings is 1. The van der Waals surface area contributed by atoms with E-state index in [1.54, 1.807) is 82.9 Å². The van der Waals surface area contributed by atoms with Crippen molar-refractivity contribution >= 4 is 69.8 Å². The number of methoxy groups -OCH3 is 1. The van der Waals surface area contributed by atoms with Crippen LogP contribution in [0.25, 0.3) is 0 Å². The van der Waals surface area contributed by atoms with Crippen LogP contribution in [0.4, 0.5) is 17.2 Å². The summed E-state index contributed by atoms with van der Waals surface area (Å²) in [5, 5.41) is 32.1. The highest BCUT2D eigenvalue weighted by Gasteiger charge is 2.32. The van der Waals surface area contributed by atoms with E-state index < -0.39 is 11.9 Å². The Balaban J connectivity index is 0.771. The van der Waals surface area contributed by atoms with E-state index in [4.69, 9.17) is 74.8 Å². The van der Waals surface area contributed by atoms with Crippen molar-refractivity contribution in [1.82, 2.24) is 25.5 Å². The minimum absolute atomic E-state index is 0.00600. The highest BCUT2D eigenvalue weighted by atomic mass is 35.5. The topological polar surface area (TPSA) is 302 Å². The number of fused-ring (bicyclic) bond motifs is 1. The normalized spacial score (nSPS) is 13.0. The fourth-order valence-electron chi connectivity index (χ4n) is 7.72. The van der Waals surface area contributed by atoms with E-state index in [2.05, 4.69) is 31.6 Å². The van der Waals surface area contributed by atoms with Gasteiger partial charge in [-0.05, 0) is 68.6 Å². The molecule has 82 heavy (non-hydrogen) atoms. The van der Waals surface area contributed by atoms with Crippen LogP contribution in [0.3, 0.4) is 0 Å². The Hall–Kier alpha value is -6.91. The van der Waals surface area contributed by atoms with Gasteiger partial charge >= 0.3 is 0 Å². The molecule has 5 rings (SSSR count). The summed E-state index contributed by atoms with van der Waals surface area (Å²) < 4.78 is 57.1. The smallest absolute Gasteiger partial charge is 0.287 e. The van der Waals surface area contributed by atoms with Crippen molar-refractivity contribution in [3.8, 4) is 11.5 Å². The van der Waals surface area contributed by atoms with Crippen LogP contribution in [0.15, 0.2) is 77.9 Å². The summed E-state index contributed by atoms with van der Waals surface area (Å²) in [6, 6.07) is 18.6. The fraction of sp³-hybridized carbons (Fsp3) is 0.500. The summed E-state index contributed by atoms with van der Waals surface area (Å²) in [7, 11) is 4.96. The number of halogens is 1. The number of anilines is 3. The molecule has 0 saturated carbocycles. The molecular formula is C56H78ClN11O14. The van der Waals surface area contributed by atoms with Crippen LogP contribution in [-0.2, 0) is 59.3 Å². The van der Waals surface area contributed by atoms with Crippen molar-refractivity contribution in [2.45, 2.75) is 32.2 Å². The standard InChI is InChI=1S/C56H78ClN11O14/c1-40(58)68-48-14-13-45(73-4)37-46(48)53(41-5-7-42(57)8-6-41)64-47(54(68)59)38-52(71)63-43-9-11-44(12-10-43)82-36-35-81-34-33-80-32-31-79-30-29-78-28-27-77-26-25-76-24-23-75-22-21-74-20-19-61-50(69)16-18-62-56(72)55-66-49(39-67(55)3)65-51(70)15-17-60-2/h5-14,37,39,47,58-60H,15-36,38H2,1-4H3,(H,61,69)(H,62,72)(H,63,71)(H,65,70)/t47-/m1/s1. The zero-order valence-corrected chi connectivity index (χ0v) is 47.9. The maximum atomic E-state index is 13.4. The summed E-state index contributed by atoms with van der Waals surface area (Å²) in [6.45, 7) is 9.36. The van der Waals surface area contributed by atoms with Gasteiger partial charge in [-0.3, -0.25) is 39.9 Å². The maximum Gasteiger partial charge on any atom is 0.287 e. The molecule has 0 radical (unpaired) electrons. The third-order valence-corrected chi connectivity index (χ3v) is 12.0. The van der Waals surface area contributed by atoms with Crippen LogP contribution in [0.5, 0.6) is 11.5 Å². The lowest BCUT2D eigenvalue weighted by atomic mass is 9.99. The van der Waals surface area contributed by atoms with Gasteiger partial charge in [-0.15, -0.1) is 0 Å². The minimum Gasteiger partial charge on any atom is -0.497 e. The number of carbonyl (C=O) groups is 4. The zero-order chi connectivity index (χ0) is 58.7. The van der Waals surface area contributed by atoms with Crippen LogP contribution in [0.2, 0.25) is 5.02 Å². The molecule has 3 aromatic carbocycles. The van der Waals surface area contributed by atoms with Crippen LogP contribution in [0, 0.1) is 10.8 Å². The molecule has 0 spiro atoms. The molecule has 0 unspecified atom stereocenters. The molecule has 2 heterocycles. The van der Waals surface area contributed by atoms with Crippen molar-refractivity contribution < 1.29 is 66.5 Å². The number of carbonyl (C=O) groups excluding carboxylic acids is 4. The number of amidine groups is 2. The number of nitrogens with zero attached hydrogens (tertiary/aromatic N) is 4. The molecule has 0 fully saturated rings. The quantitative estimate of drug-likeness (QED) is 0.0187. The lowest BCUT2D eigenvalue weighted by Crippen LogP contribution is -2.41. The van der Waals surface area contributed by atoms with Gasteiger partial charge in [0.15, 0.2) is 5.82 Å². The van der Waals surface area contributed by atoms with Gasteiger partial charge < -0.3 is 78.5 Å². The lowest BCUT2D eigenvalue weighted by molar-refractivity contribution is -0.121. The molecule has 1 atom stereocenters. The number of aryl methyl sites for hydroxylation is 1. The number of aliphatic imine (C=N–C) groups is 1. The number of rotatable bonds is 41. The molecule has 448 valence electrons. The largest absolute Gasteiger partial charge is 0.497 e. The van der Waals surface area contributed by atoms with Crippen molar-refractivity contribution in [1.29, 1.82) is 10.8 Å². The predicted molar refractivity (Wildman–Crippen MR) is 310 cm³/mol. The van der Waals surface area contributed by atoms with E-state index in [0.29, 0.717) is 165 Å². The molecule has 1 aliphatic rings. The molecule has 0 aliphatic carbocycles. The molecule has 1 aliphatic heterocycles. The highest BCUT2D eigenvalue weighted by Crippen LogP contribution is 2.33. The molecule has 25 nitrogen and oxygen atoms in total. The second-order valence-electron chi connectivity index (χ2n) is 18.0. The average Bonchev–Trinajstić information content (AvgIpc) is 3.72. The number of aromatic nitrogens is 2. The first-order valence-corrected chi connectivity index (χ1v) is 27.4. The number of amides is 4. The summed E-state index contributed by atoms with van der Waals surface area (Å²) in [5.41, 5.74) is 3.07. The summed E-state index contributed by atoms with van der Waals surface area (Å²) in [4.78, 5) is 60.5. The first-order valence-electron chi connectivity index (χ1n) is 27.0. The van der Waals surface area contributed by atoms with Gasteiger partial charge in [0, 0.05) is 67.6 Å². The lowest BCUT2D eigenvalue weighted by Gasteiger charge is -2.26. The van der Waals surface area contributed by atoms with Crippen molar-refractivity contribution in [2.75, 3.05) is 162 Å². The maximum absolute atomic E-state index is 13.4. The average molecular weight is 1160 g/mol. The highest BCUT2D eigenvalue weighted by molar-refractivity contribution is 6.31. The van der Waals surface area contributed by atoms with E-state index in [1.165, 1.54) is 9.47 Å². The number of hydrogen-bond acceptors (Lipinski definition) is 19. The molecule has 4 amide bonds. The summed E-state index contributed by atoms with van der Waals surface area (Å²) in [5.74, 6) is 0.435. The Bertz CT molecular complexity index is 2640. The molecule has 26 heteroatoms. The van der Waals surface area contributed by atoms with E-state index in [-0.39, 0.29) is 66.8 Å². The van der Waals surface area contributed by atoms with Gasteiger partial charge in [0.05, 0.1) is 131 Å². The minimum atomic E-state index is -0.906. The number of nitrogens with one attached hydrogen (secondary N) is 7. The molecule has 1 aromatic heterocycles. The Morgan fingerprint density at radius 3 is 1.72 bits per heavy atom. The van der Waals surface area contributed by atoms with Gasteiger partial charge in [0.2, 0.25) is 23.5 Å². The molecule has 0 saturated heterocycles. The first kappa shape index (κ1) is 65.9. The molecule has 4 aromatic rings. The van der Waals surface area contributed by atoms with Gasteiger partial charge in [-0.2, -0.15) is 0 Å². The van der Waals surface area contributed by atoms with E-state index in [0.717, 1.165) is 5.56 Å². The molecule has 0 bridgehead atoms. The third kappa shape index (κ3) is 24.3. The fourth-order valence-corrected chi connectivity index (χ4v) is 7.84. The number of imidazole rings is 1. The Labute approximate surface area is 483 Å². The van der Waals surface area contributed by atoms with Gasteiger partial charge in [-0.25, -0.2) is 4.98 Å².